The molecule has 0 saturated carbocycles. The van der Waals surface area contributed by atoms with E-state index in [1.807, 2.05) is 0 Å². The van der Waals surface area contributed by atoms with Crippen LogP contribution >= 0.6 is 0 Å². The van der Waals surface area contributed by atoms with Gasteiger partial charge >= 0.3 is 0 Å². The lowest BCUT2D eigenvalue weighted by Gasteiger charge is -2.29. The molecule has 2 aromatic rings. The fourth-order valence-electron chi connectivity index (χ4n) is 2.57. The Bertz CT molecular complexity index is 508. The fraction of sp³-hybridized carbons (Fsp3) is 0.176. The van der Waals surface area contributed by atoms with Crippen molar-refractivity contribution in [3.8, 4) is 0 Å². The zero-order valence-electron chi connectivity index (χ0n) is 11.1. The summed E-state index contributed by atoms with van der Waals surface area (Å²) in [6.07, 6.45) is 4.30. The van der Waals surface area contributed by atoms with Crippen molar-refractivity contribution in [1.29, 1.82) is 0 Å². The van der Waals surface area contributed by atoms with Crippen molar-refractivity contribution >= 4 is 0 Å². The largest absolute Gasteiger partial charge is 0.362 e. The lowest BCUT2D eigenvalue weighted by molar-refractivity contribution is 0.257. The molecule has 3 rings (SSSR count). The van der Waals surface area contributed by atoms with Crippen LogP contribution in [-0.2, 0) is 0 Å². The van der Waals surface area contributed by atoms with Gasteiger partial charge in [-0.15, -0.1) is 0 Å². The summed E-state index contributed by atoms with van der Waals surface area (Å²) in [5, 5.41) is 0. The molecule has 0 atom stereocenters. The average Bonchev–Trinajstić information content (AvgIpc) is 2.88. The molecule has 2 heteroatoms. The summed E-state index contributed by atoms with van der Waals surface area (Å²) >= 11 is 0. The zero-order chi connectivity index (χ0) is 13.1. The third-order valence-electron chi connectivity index (χ3n) is 3.46. The maximum Gasteiger partial charge on any atom is 0.0899 e. The quantitative estimate of drug-likeness (QED) is 0.823. The van der Waals surface area contributed by atoms with Crippen LogP contribution in [0.2, 0.25) is 0 Å². The van der Waals surface area contributed by atoms with Gasteiger partial charge in [0.05, 0.1) is 12.7 Å². The standard InChI is InChI=1S/C17H18N2/c1-18-12-13-19(14-18)17(15-8-4-2-5-9-15)16-10-6-3-7-11-16/h2-13,17H,14H2,1H3. The van der Waals surface area contributed by atoms with Gasteiger partial charge in [-0.1, -0.05) is 60.7 Å². The summed E-state index contributed by atoms with van der Waals surface area (Å²) in [5.41, 5.74) is 2.65. The van der Waals surface area contributed by atoms with Gasteiger partial charge in [-0.3, -0.25) is 0 Å². The van der Waals surface area contributed by atoms with Gasteiger partial charge in [0.25, 0.3) is 0 Å². The minimum absolute atomic E-state index is 0.281. The Morgan fingerprint density at radius 3 is 1.74 bits per heavy atom. The lowest BCUT2D eigenvalue weighted by Crippen LogP contribution is -2.27. The van der Waals surface area contributed by atoms with Crippen LogP contribution in [0.25, 0.3) is 0 Å². The molecule has 2 nitrogen and oxygen atoms in total. The normalized spacial score (nSPS) is 14.4. The number of hydrogen-bond acceptors (Lipinski definition) is 2. The Labute approximate surface area is 114 Å². The molecule has 1 heterocycles. The maximum atomic E-state index is 2.37. The van der Waals surface area contributed by atoms with E-state index in [4.69, 9.17) is 0 Å². The van der Waals surface area contributed by atoms with Crippen molar-refractivity contribution in [2.45, 2.75) is 6.04 Å². The number of hydrogen-bond donors (Lipinski definition) is 0. The van der Waals surface area contributed by atoms with E-state index in [0.717, 1.165) is 6.67 Å². The number of benzene rings is 2. The molecule has 0 aromatic heterocycles. The van der Waals surface area contributed by atoms with Gasteiger partial charge in [0.2, 0.25) is 0 Å². The van der Waals surface area contributed by atoms with Crippen molar-refractivity contribution < 1.29 is 0 Å². The fourth-order valence-corrected chi connectivity index (χ4v) is 2.57. The smallest absolute Gasteiger partial charge is 0.0899 e. The zero-order valence-corrected chi connectivity index (χ0v) is 11.1. The van der Waals surface area contributed by atoms with E-state index >= 15 is 0 Å². The van der Waals surface area contributed by atoms with Gasteiger partial charge in [0.15, 0.2) is 0 Å². The van der Waals surface area contributed by atoms with E-state index in [-0.39, 0.29) is 6.04 Å². The van der Waals surface area contributed by atoms with Gasteiger partial charge in [-0.25, -0.2) is 0 Å². The van der Waals surface area contributed by atoms with Gasteiger partial charge in [0, 0.05) is 19.4 Å². The third-order valence-corrected chi connectivity index (χ3v) is 3.46. The van der Waals surface area contributed by atoms with E-state index in [9.17, 15) is 0 Å². The van der Waals surface area contributed by atoms with Crippen molar-refractivity contribution in [1.82, 2.24) is 9.80 Å². The van der Waals surface area contributed by atoms with Crippen LogP contribution in [0.5, 0.6) is 0 Å². The molecule has 0 fully saturated rings. The van der Waals surface area contributed by atoms with Crippen LogP contribution in [0.1, 0.15) is 17.2 Å². The summed E-state index contributed by atoms with van der Waals surface area (Å²) in [5.74, 6) is 0. The molecular weight excluding hydrogens is 232 g/mol. The second-order valence-corrected chi connectivity index (χ2v) is 4.93. The summed E-state index contributed by atoms with van der Waals surface area (Å²) in [6.45, 7) is 0.925. The Kier molecular flexibility index (Phi) is 3.23. The Balaban J connectivity index is 1.99. The Morgan fingerprint density at radius 1 is 0.789 bits per heavy atom. The summed E-state index contributed by atoms with van der Waals surface area (Å²) < 4.78 is 0. The van der Waals surface area contributed by atoms with Gasteiger partial charge in [-0.2, -0.15) is 0 Å². The highest BCUT2D eigenvalue weighted by molar-refractivity contribution is 5.32. The van der Waals surface area contributed by atoms with Crippen LogP contribution in [0.4, 0.5) is 0 Å². The SMILES string of the molecule is CN1C=CN(C(c2ccccc2)c2ccccc2)C1. The van der Waals surface area contributed by atoms with Crippen molar-refractivity contribution in [3.05, 3.63) is 84.2 Å². The van der Waals surface area contributed by atoms with E-state index in [1.165, 1.54) is 11.1 Å². The molecule has 1 aliphatic rings. The maximum absolute atomic E-state index is 2.37. The summed E-state index contributed by atoms with van der Waals surface area (Å²) in [6, 6.07) is 21.6. The van der Waals surface area contributed by atoms with Crippen molar-refractivity contribution in [2.24, 2.45) is 0 Å². The number of rotatable bonds is 3. The Hall–Kier alpha value is -2.22. The van der Waals surface area contributed by atoms with Gasteiger partial charge < -0.3 is 9.80 Å². The number of nitrogens with zero attached hydrogens (tertiary/aromatic N) is 2. The minimum atomic E-state index is 0.281. The molecule has 19 heavy (non-hydrogen) atoms. The predicted octanol–water partition coefficient (Wildman–Crippen LogP) is 3.45. The second kappa shape index (κ2) is 5.19. The molecule has 0 unspecified atom stereocenters. The average molecular weight is 250 g/mol. The molecule has 1 aliphatic heterocycles. The van der Waals surface area contributed by atoms with Gasteiger partial charge in [-0.05, 0) is 11.1 Å². The first-order valence-electron chi connectivity index (χ1n) is 6.59. The van der Waals surface area contributed by atoms with E-state index in [0.29, 0.717) is 0 Å². The summed E-state index contributed by atoms with van der Waals surface area (Å²) in [4.78, 5) is 4.56. The van der Waals surface area contributed by atoms with Crippen LogP contribution in [0, 0.1) is 0 Å². The first kappa shape index (κ1) is 11.8. The van der Waals surface area contributed by atoms with Crippen molar-refractivity contribution in [2.75, 3.05) is 13.7 Å². The molecule has 0 saturated heterocycles. The van der Waals surface area contributed by atoms with Gasteiger partial charge in [0.1, 0.15) is 0 Å². The minimum Gasteiger partial charge on any atom is -0.362 e. The van der Waals surface area contributed by atoms with E-state index < -0.39 is 0 Å². The first-order valence-corrected chi connectivity index (χ1v) is 6.59. The molecule has 0 radical (unpaired) electrons. The van der Waals surface area contributed by atoms with Crippen LogP contribution in [-0.4, -0.2) is 23.5 Å². The molecule has 0 spiro atoms. The third kappa shape index (κ3) is 2.48. The van der Waals surface area contributed by atoms with Crippen LogP contribution < -0.4 is 0 Å². The highest BCUT2D eigenvalue weighted by atomic mass is 15.3. The van der Waals surface area contributed by atoms with Crippen molar-refractivity contribution in [3.63, 3.8) is 0 Å². The Morgan fingerprint density at radius 2 is 1.32 bits per heavy atom. The molecule has 0 amide bonds. The van der Waals surface area contributed by atoms with E-state index in [2.05, 4.69) is 89.9 Å². The molecular formula is C17H18N2. The highest BCUT2D eigenvalue weighted by Gasteiger charge is 2.22. The molecule has 2 aromatic carbocycles. The molecule has 0 bridgehead atoms. The lowest BCUT2D eigenvalue weighted by atomic mass is 9.98. The summed E-state index contributed by atoms with van der Waals surface area (Å²) in [7, 11) is 2.10. The highest BCUT2D eigenvalue weighted by Crippen LogP contribution is 2.30. The van der Waals surface area contributed by atoms with Crippen LogP contribution in [0.15, 0.2) is 73.1 Å². The van der Waals surface area contributed by atoms with E-state index in [1.54, 1.807) is 0 Å². The molecule has 0 N–H and O–H groups in total. The van der Waals surface area contributed by atoms with Crippen LogP contribution in [0.3, 0.4) is 0 Å². The first-order chi connectivity index (χ1) is 9.34. The topological polar surface area (TPSA) is 6.48 Å². The second-order valence-electron chi connectivity index (χ2n) is 4.93. The molecule has 0 aliphatic carbocycles. The predicted molar refractivity (Wildman–Crippen MR) is 78.3 cm³/mol. The monoisotopic (exact) mass is 250 g/mol. The molecule has 96 valence electrons.